The molecule has 6 unspecified atom stereocenters. The van der Waals surface area contributed by atoms with Crippen molar-refractivity contribution in [1.29, 1.82) is 0 Å². The zero-order chi connectivity index (χ0) is 110. The van der Waals surface area contributed by atoms with E-state index in [4.69, 9.17) is 17.2 Å². The molecule has 0 fully saturated rings. The van der Waals surface area contributed by atoms with Crippen LogP contribution in [-0.4, -0.2) is 407 Å². The number of urea groups is 3. The van der Waals surface area contributed by atoms with Crippen LogP contribution in [-0.2, 0) is 62.3 Å². The van der Waals surface area contributed by atoms with Crippen molar-refractivity contribution in [3.8, 4) is 0 Å². The maximum atomic E-state index is 12.2. The molecule has 0 spiro atoms. The molecule has 800 valence electrons. The Hall–Kier alpha value is -7.80. The normalized spacial score (nSPS) is 12.8. The average Bonchev–Trinajstić information content (AvgIpc) is 0.845. The van der Waals surface area contributed by atoms with Crippen LogP contribution in [0, 0.1) is 61.1 Å². The Morgan fingerprint density at radius 1 is 0.228 bits per heavy atom. The van der Waals surface area contributed by atoms with Crippen molar-refractivity contribution in [3.05, 3.63) is 0 Å². The summed E-state index contributed by atoms with van der Waals surface area (Å²) in [5.41, 5.74) is 13.0. The van der Waals surface area contributed by atoms with Crippen molar-refractivity contribution in [2.75, 3.05) is 232 Å². The van der Waals surface area contributed by atoms with Crippen molar-refractivity contribution in [1.82, 2.24) is 79.6 Å². The lowest BCUT2D eigenvalue weighted by molar-refractivity contribution is -0.137. The van der Waals surface area contributed by atoms with Crippen LogP contribution in [0.25, 0.3) is 0 Å². The van der Waals surface area contributed by atoms with Gasteiger partial charge in [-0.1, -0.05) is 187 Å². The largest absolute Gasteiger partial charge is 0.344 e. The summed E-state index contributed by atoms with van der Waals surface area (Å²) in [6.45, 7) is 65.9. The number of nitrogens with zero attached hydrogens (tertiary/aromatic N) is 13. The lowest BCUT2D eigenvalue weighted by Gasteiger charge is -2.32. The fourth-order valence-electron chi connectivity index (χ4n) is 12.1. The van der Waals surface area contributed by atoms with Crippen molar-refractivity contribution >= 4 is 93.9 Å². The van der Waals surface area contributed by atoms with Gasteiger partial charge in [-0.2, -0.15) is 0 Å². The Morgan fingerprint density at radius 3 is 0.610 bits per heavy atom. The second-order valence-corrected chi connectivity index (χ2v) is 44.7. The summed E-state index contributed by atoms with van der Waals surface area (Å²) in [7, 11) is 32.4. The first-order valence-electron chi connectivity index (χ1n) is 48.1. The minimum Gasteiger partial charge on any atom is -0.344 e. The fourth-order valence-corrected chi connectivity index (χ4v) is 12.1. The van der Waals surface area contributed by atoms with Crippen molar-refractivity contribution in [2.45, 2.75) is 271 Å². The van der Waals surface area contributed by atoms with Crippen LogP contribution in [0.2, 0.25) is 0 Å². The quantitative estimate of drug-likeness (QED) is 0.0331. The number of Topliss-reactive ketones (excluding diaryl/α,β-unsaturated/α-hetero) is 8. The highest BCUT2D eigenvalue weighted by atomic mass is 16.2. The molecule has 0 aromatic rings. The van der Waals surface area contributed by atoms with E-state index in [-0.39, 0.29) is 152 Å². The molecule has 0 saturated heterocycles. The van der Waals surface area contributed by atoms with E-state index in [1.807, 2.05) is 246 Å². The van der Waals surface area contributed by atoms with Crippen molar-refractivity contribution in [2.24, 2.45) is 78.3 Å². The first kappa shape index (κ1) is 144. The van der Waals surface area contributed by atoms with Gasteiger partial charge in [0, 0.05) is 288 Å². The van der Waals surface area contributed by atoms with Gasteiger partial charge in [0.25, 0.3) is 0 Å². The SMILES string of the molecule is CC(C(=O)C(C)(C)C)N(C)C(=O)N(C)CCN.CC(C(=O)C(C)(C)C)N(C)C(=O)N(C)CCN(C)C.CC(CC(=O)N(C)CCN(C)C)C(=O)C(C)(C)C.CC(CC(=O)N(C)CCN)C(=O)C(C)(C)C.CN(CCN)C(=O)CCC(=O)C(C)(C)C.CNCCN(C)C(=O)CC(C)C(=O)C(C)(C)C.CNCCN(C)C(=O)CCC(=O)C(C)(C)C.CNCCN(C)C(=O)N(C)C(C)C(=O)C(C)(C)C. The summed E-state index contributed by atoms with van der Waals surface area (Å²) in [6, 6.07) is -1.67. The van der Waals surface area contributed by atoms with E-state index in [9.17, 15) is 76.7 Å². The molecule has 0 aromatic carbocycles. The Balaban J connectivity index is -0.000000230. The van der Waals surface area contributed by atoms with E-state index in [0.29, 0.717) is 104 Å². The summed E-state index contributed by atoms with van der Waals surface area (Å²) in [5, 5.41) is 8.96. The van der Waals surface area contributed by atoms with E-state index in [1.165, 1.54) is 19.6 Å². The number of nitrogens with one attached hydrogen (secondary N) is 3. The topological polar surface area (TPSA) is 429 Å². The summed E-state index contributed by atoms with van der Waals surface area (Å²) >= 11 is 0. The molecular formula is C101H205N19O16. The summed E-state index contributed by atoms with van der Waals surface area (Å²) in [4.78, 5) is 212. The molecule has 0 radical (unpaired) electrons. The first-order valence-corrected chi connectivity index (χ1v) is 48.1. The van der Waals surface area contributed by atoms with Crippen molar-refractivity contribution < 1.29 is 76.7 Å². The van der Waals surface area contributed by atoms with Crippen LogP contribution >= 0.6 is 0 Å². The molecule has 0 saturated carbocycles. The number of carbonyl (C=O) groups is 16. The lowest BCUT2D eigenvalue weighted by atomic mass is 9.82. The van der Waals surface area contributed by atoms with E-state index in [2.05, 4.69) is 16.0 Å². The maximum Gasteiger partial charge on any atom is 0.320 e. The van der Waals surface area contributed by atoms with Gasteiger partial charge >= 0.3 is 18.1 Å². The average molecular weight is 1940 g/mol. The summed E-state index contributed by atoms with van der Waals surface area (Å²) in [5.74, 6) is 0.311. The molecule has 11 amide bonds. The molecule has 0 rings (SSSR count). The van der Waals surface area contributed by atoms with Crippen LogP contribution in [0.15, 0.2) is 0 Å². The number of hydrogen-bond donors (Lipinski definition) is 6. The third kappa shape index (κ3) is 65.9. The molecule has 35 heteroatoms. The smallest absolute Gasteiger partial charge is 0.320 e. The highest BCUT2D eigenvalue weighted by Gasteiger charge is 2.37. The number of likely N-dealkylation sites (N-methyl/N-ethyl adjacent to an activating group) is 16. The zero-order valence-electron chi connectivity index (χ0n) is 95.3. The van der Waals surface area contributed by atoms with E-state index < -0.39 is 34.4 Å². The van der Waals surface area contributed by atoms with Gasteiger partial charge in [-0.25, -0.2) is 14.4 Å². The molecule has 0 aliphatic heterocycles. The van der Waals surface area contributed by atoms with Gasteiger partial charge in [0.05, 0.1) is 18.1 Å². The molecule has 6 atom stereocenters. The molecule has 136 heavy (non-hydrogen) atoms. The highest BCUT2D eigenvalue weighted by molar-refractivity contribution is 5.95. The third-order valence-corrected chi connectivity index (χ3v) is 22.2. The molecule has 0 aromatic heterocycles. The predicted molar refractivity (Wildman–Crippen MR) is 555 cm³/mol. The van der Waals surface area contributed by atoms with Gasteiger partial charge in [0.1, 0.15) is 28.9 Å². The number of carbonyl (C=O) groups excluding carboxylic acids is 16. The summed E-state index contributed by atoms with van der Waals surface area (Å²) in [6.07, 6.45) is 2.13. The Labute approximate surface area is 826 Å². The van der Waals surface area contributed by atoms with Gasteiger partial charge in [0.2, 0.25) is 29.5 Å². The van der Waals surface area contributed by atoms with Crippen LogP contribution in [0.3, 0.4) is 0 Å². The fraction of sp³-hybridized carbons (Fsp3) is 0.842. The minimum atomic E-state index is -0.444. The lowest BCUT2D eigenvalue weighted by Crippen LogP contribution is -2.50. The van der Waals surface area contributed by atoms with Crippen LogP contribution in [0.5, 0.6) is 0 Å². The van der Waals surface area contributed by atoms with Gasteiger partial charge < -0.3 is 96.9 Å². The zero-order valence-corrected chi connectivity index (χ0v) is 95.3. The highest BCUT2D eigenvalue weighted by Crippen LogP contribution is 2.28. The molecule has 0 aliphatic rings. The summed E-state index contributed by atoms with van der Waals surface area (Å²) < 4.78 is 0. The van der Waals surface area contributed by atoms with Gasteiger partial charge in [-0.15, -0.1) is 0 Å². The number of rotatable bonds is 42. The van der Waals surface area contributed by atoms with Crippen LogP contribution in [0.4, 0.5) is 14.4 Å². The van der Waals surface area contributed by atoms with E-state index in [0.717, 1.165) is 32.7 Å². The molecule has 0 heterocycles. The van der Waals surface area contributed by atoms with Gasteiger partial charge in [-0.05, 0) is 70.1 Å². The maximum absolute atomic E-state index is 12.2. The van der Waals surface area contributed by atoms with E-state index in [1.54, 1.807) is 133 Å². The number of hydrogen-bond acceptors (Lipinski definition) is 24. The first-order chi connectivity index (χ1) is 61.2. The molecule has 35 nitrogen and oxygen atoms in total. The standard InChI is InChI=1S/C14H29N3O2.C14H28N2O2.C13H27N3O2.C13H26N2O2.C12H25N3O2.2C12H24N2O2.C11H22N2O2/c1-11(12(18)14(2,3)4)17(8)13(19)16(7)10-9-15(5)6;1-11(13(18)14(2,3)4)10-12(17)16(7)9-8-15(5)6;1-10(11(17)13(2,3)4)16(7)12(18)15(6)9-8-14-5;1-10(12(17)13(2,3)4)9-11(16)15(6)8-7-14-5;1-9(10(16)12(2,3)4)15(6)11(17)14(5)8-7-13;1-12(2,3)10(15)6-7-11(16)14(5)9-8-13-4;1-9(11(16)12(2,3)4)8-10(15)14(5)7-6-13;1-11(2,3)9(14)5-6-10(15)13(4)8-7-12/h11H,9-10H2,1-8H3;11H,8-10H2,1-7H3;10,14H,8-9H2,1-7H3;10,14H,7-9H2,1-6H3;9H,7-8,13H2,1-6H3;13H,6-9H2,1-5H3;9H,6-8,13H2,1-5H3;5-8,12H2,1-4H3. The van der Waals surface area contributed by atoms with Gasteiger partial charge in [-0.3, -0.25) is 62.3 Å². The second-order valence-electron chi connectivity index (χ2n) is 44.7. The monoisotopic (exact) mass is 1940 g/mol. The van der Waals surface area contributed by atoms with Gasteiger partial charge in [0.15, 0.2) is 17.3 Å². The number of nitrogens with two attached hydrogens (primary N) is 3. The van der Waals surface area contributed by atoms with E-state index >= 15 is 0 Å². The predicted octanol–water partition coefficient (Wildman–Crippen LogP) is 9.52. The van der Waals surface area contributed by atoms with Crippen molar-refractivity contribution in [3.63, 3.8) is 0 Å². The molecular weight excluding hydrogens is 1740 g/mol. The Morgan fingerprint density at radius 2 is 0.404 bits per heavy atom. The minimum absolute atomic E-state index is 0.0157. The number of amides is 11. The Kier molecular flexibility index (Phi) is 73.0. The van der Waals surface area contributed by atoms with Crippen LogP contribution < -0.4 is 33.2 Å². The second kappa shape index (κ2) is 69.1. The third-order valence-electron chi connectivity index (χ3n) is 22.2. The molecule has 9 N–H and O–H groups in total. The Bertz CT molecular complexity index is 3560. The number of ketones is 8. The molecule has 0 bridgehead atoms. The molecule has 0 aliphatic carbocycles. The van der Waals surface area contributed by atoms with Crippen LogP contribution in [0.1, 0.15) is 253 Å².